The summed E-state index contributed by atoms with van der Waals surface area (Å²) in [7, 11) is 1.88. The number of carbonyl (C=O) groups is 1. The molecule has 0 aliphatic heterocycles. The van der Waals surface area contributed by atoms with Crippen molar-refractivity contribution in [2.75, 3.05) is 13.6 Å². The maximum atomic E-state index is 11.7. The lowest BCUT2D eigenvalue weighted by Crippen LogP contribution is -2.38. The van der Waals surface area contributed by atoms with Crippen LogP contribution in [0.15, 0.2) is 0 Å². The Hall–Kier alpha value is -0.880. The Balaban J connectivity index is 4.14. The van der Waals surface area contributed by atoms with E-state index < -0.39 is 0 Å². The molecule has 0 aliphatic rings. The number of nitrogens with zero attached hydrogens (tertiary/aromatic N) is 2. The van der Waals surface area contributed by atoms with Crippen LogP contribution in [0.2, 0.25) is 0 Å². The Morgan fingerprint density at radius 2 is 2.00 bits per heavy atom. The van der Waals surface area contributed by atoms with Crippen LogP contribution in [-0.2, 0) is 4.79 Å². The maximum Gasteiger partial charge on any atom is 0.152 e. The molecule has 0 aromatic rings. The minimum atomic E-state index is -0.291. The molecule has 0 saturated carbocycles. The molecule has 14 heavy (non-hydrogen) atoms. The number of likely N-dealkylation sites (N-methyl/N-ethyl adjacent to an activating group) is 1. The van der Waals surface area contributed by atoms with Gasteiger partial charge in [-0.2, -0.15) is 5.26 Å². The van der Waals surface area contributed by atoms with Crippen LogP contribution in [0.4, 0.5) is 0 Å². The quantitative estimate of drug-likeness (QED) is 0.689. The molecule has 0 aromatic heterocycles. The van der Waals surface area contributed by atoms with Gasteiger partial charge in [0.2, 0.25) is 0 Å². The molecule has 0 fully saturated rings. The van der Waals surface area contributed by atoms with Gasteiger partial charge in [0, 0.05) is 11.5 Å². The highest BCUT2D eigenvalue weighted by Crippen LogP contribution is 2.15. The summed E-state index contributed by atoms with van der Waals surface area (Å²) < 4.78 is 0. The van der Waals surface area contributed by atoms with Crippen LogP contribution in [0.1, 0.15) is 34.1 Å². The van der Waals surface area contributed by atoms with Gasteiger partial charge in [0.15, 0.2) is 5.78 Å². The molecular weight excluding hydrogens is 176 g/mol. The second-order valence-corrected chi connectivity index (χ2v) is 4.80. The van der Waals surface area contributed by atoms with Gasteiger partial charge in [0.05, 0.1) is 19.0 Å². The van der Waals surface area contributed by atoms with E-state index in [4.69, 9.17) is 5.26 Å². The van der Waals surface area contributed by atoms with E-state index in [0.29, 0.717) is 13.0 Å². The van der Waals surface area contributed by atoms with E-state index in [0.717, 1.165) is 0 Å². The van der Waals surface area contributed by atoms with E-state index in [1.165, 1.54) is 0 Å². The third-order valence-corrected chi connectivity index (χ3v) is 2.37. The van der Waals surface area contributed by atoms with Crippen molar-refractivity contribution < 1.29 is 4.79 Å². The minimum absolute atomic E-state index is 0.145. The second-order valence-electron chi connectivity index (χ2n) is 4.80. The lowest BCUT2D eigenvalue weighted by atomic mass is 9.90. The fourth-order valence-electron chi connectivity index (χ4n) is 0.907. The number of nitriles is 1. The van der Waals surface area contributed by atoms with Crippen molar-refractivity contribution in [1.29, 1.82) is 5.26 Å². The Bertz CT molecular complexity index is 235. The summed E-state index contributed by atoms with van der Waals surface area (Å²) >= 11 is 0. The van der Waals surface area contributed by atoms with E-state index in [9.17, 15) is 4.79 Å². The molecule has 3 heteroatoms. The van der Waals surface area contributed by atoms with Gasteiger partial charge in [-0.25, -0.2) is 0 Å². The highest BCUT2D eigenvalue weighted by atomic mass is 16.1. The molecule has 1 atom stereocenters. The molecule has 1 unspecified atom stereocenters. The Kier molecular flexibility index (Phi) is 4.79. The van der Waals surface area contributed by atoms with Gasteiger partial charge in [-0.05, 0) is 14.0 Å². The van der Waals surface area contributed by atoms with Crippen molar-refractivity contribution in [2.24, 2.45) is 5.41 Å². The number of rotatable bonds is 4. The maximum absolute atomic E-state index is 11.7. The standard InChI is InChI=1S/C11H20N2O/c1-9(6-7-12)13(5)8-10(14)11(2,3)4/h9H,6,8H2,1-5H3. The van der Waals surface area contributed by atoms with E-state index >= 15 is 0 Å². The lowest BCUT2D eigenvalue weighted by Gasteiger charge is -2.25. The van der Waals surface area contributed by atoms with Crippen LogP contribution in [0.25, 0.3) is 0 Å². The Morgan fingerprint density at radius 1 is 1.50 bits per heavy atom. The van der Waals surface area contributed by atoms with Crippen molar-refractivity contribution in [3.8, 4) is 6.07 Å². The summed E-state index contributed by atoms with van der Waals surface area (Å²) in [6.45, 7) is 8.12. The van der Waals surface area contributed by atoms with Crippen molar-refractivity contribution in [1.82, 2.24) is 4.90 Å². The number of Topliss-reactive ketones (excluding diaryl/α,β-unsaturated/α-hetero) is 1. The van der Waals surface area contributed by atoms with E-state index in [1.54, 1.807) is 0 Å². The Morgan fingerprint density at radius 3 is 2.36 bits per heavy atom. The molecule has 0 N–H and O–H groups in total. The average Bonchev–Trinajstić information content (AvgIpc) is 2.02. The molecule has 0 amide bonds. The topological polar surface area (TPSA) is 44.1 Å². The number of ketones is 1. The normalized spacial score (nSPS) is 13.8. The monoisotopic (exact) mass is 196 g/mol. The first-order valence-corrected chi connectivity index (χ1v) is 4.89. The third kappa shape index (κ3) is 4.38. The van der Waals surface area contributed by atoms with E-state index in [2.05, 4.69) is 6.07 Å². The van der Waals surface area contributed by atoms with Gasteiger partial charge in [0.1, 0.15) is 0 Å². The van der Waals surface area contributed by atoms with Crippen molar-refractivity contribution in [3.63, 3.8) is 0 Å². The largest absolute Gasteiger partial charge is 0.298 e. The van der Waals surface area contributed by atoms with Gasteiger partial charge < -0.3 is 0 Å². The van der Waals surface area contributed by atoms with Crippen molar-refractivity contribution >= 4 is 5.78 Å². The summed E-state index contributed by atoms with van der Waals surface area (Å²) in [5.41, 5.74) is -0.291. The van der Waals surface area contributed by atoms with Crippen LogP contribution in [0.5, 0.6) is 0 Å². The molecule has 0 spiro atoms. The van der Waals surface area contributed by atoms with Crippen LogP contribution < -0.4 is 0 Å². The molecule has 80 valence electrons. The number of carbonyl (C=O) groups excluding carboxylic acids is 1. The van der Waals surface area contributed by atoms with Crippen LogP contribution in [0.3, 0.4) is 0 Å². The van der Waals surface area contributed by atoms with Crippen LogP contribution in [-0.4, -0.2) is 30.3 Å². The first kappa shape index (κ1) is 13.1. The van der Waals surface area contributed by atoms with E-state index in [1.807, 2.05) is 39.6 Å². The lowest BCUT2D eigenvalue weighted by molar-refractivity contribution is -0.127. The van der Waals surface area contributed by atoms with Crippen molar-refractivity contribution in [3.05, 3.63) is 0 Å². The molecule has 0 bridgehead atoms. The zero-order valence-electron chi connectivity index (χ0n) is 9.79. The highest BCUT2D eigenvalue weighted by Gasteiger charge is 2.23. The summed E-state index contributed by atoms with van der Waals surface area (Å²) in [6.07, 6.45) is 0.466. The zero-order valence-corrected chi connectivity index (χ0v) is 9.79. The molecule has 0 aliphatic carbocycles. The van der Waals surface area contributed by atoms with Crippen molar-refractivity contribution in [2.45, 2.75) is 40.2 Å². The number of hydrogen-bond acceptors (Lipinski definition) is 3. The summed E-state index contributed by atoms with van der Waals surface area (Å²) in [5.74, 6) is 0.213. The molecule has 0 aromatic carbocycles. The predicted octanol–water partition coefficient (Wildman–Crippen LogP) is 1.84. The van der Waals surface area contributed by atoms with Gasteiger partial charge in [-0.1, -0.05) is 20.8 Å². The van der Waals surface area contributed by atoms with Gasteiger partial charge in [-0.15, -0.1) is 0 Å². The van der Waals surface area contributed by atoms with E-state index in [-0.39, 0.29) is 17.2 Å². The number of hydrogen-bond donors (Lipinski definition) is 0. The average molecular weight is 196 g/mol. The smallest absolute Gasteiger partial charge is 0.152 e. The fourth-order valence-corrected chi connectivity index (χ4v) is 0.907. The van der Waals surface area contributed by atoms with Crippen LogP contribution in [0, 0.1) is 16.7 Å². The summed E-state index contributed by atoms with van der Waals surface area (Å²) in [4.78, 5) is 13.6. The first-order valence-electron chi connectivity index (χ1n) is 4.89. The predicted molar refractivity (Wildman–Crippen MR) is 56.8 cm³/mol. The third-order valence-electron chi connectivity index (χ3n) is 2.37. The van der Waals surface area contributed by atoms with Crippen LogP contribution >= 0.6 is 0 Å². The molecule has 0 heterocycles. The summed E-state index contributed by atoms with van der Waals surface area (Å²) in [5, 5.41) is 8.52. The molecule has 0 saturated heterocycles. The first-order chi connectivity index (χ1) is 6.29. The summed E-state index contributed by atoms with van der Waals surface area (Å²) in [6, 6.07) is 2.25. The Labute approximate surface area is 86.7 Å². The zero-order chi connectivity index (χ0) is 11.4. The molecule has 0 rings (SSSR count). The minimum Gasteiger partial charge on any atom is -0.298 e. The second kappa shape index (κ2) is 5.11. The van der Waals surface area contributed by atoms with Gasteiger partial charge in [0.25, 0.3) is 0 Å². The molecule has 3 nitrogen and oxygen atoms in total. The highest BCUT2D eigenvalue weighted by molar-refractivity contribution is 5.85. The SMILES string of the molecule is CC(CC#N)N(C)CC(=O)C(C)(C)C. The molecular formula is C11H20N2O. The van der Waals surface area contributed by atoms with Gasteiger partial charge >= 0.3 is 0 Å². The van der Waals surface area contributed by atoms with Gasteiger partial charge in [-0.3, -0.25) is 9.69 Å². The fraction of sp³-hybridized carbons (Fsp3) is 0.818. The molecule has 0 radical (unpaired) electrons.